The molecule has 2 aliphatic heterocycles. The fraction of sp³-hybridized carbons (Fsp3) is 0.391. The maximum atomic E-state index is 13.1. The van der Waals surface area contributed by atoms with Crippen molar-refractivity contribution in [3.05, 3.63) is 47.9 Å². The van der Waals surface area contributed by atoms with E-state index < -0.39 is 6.09 Å². The lowest BCUT2D eigenvalue weighted by atomic mass is 10.0. The van der Waals surface area contributed by atoms with Crippen LogP contribution in [0.15, 0.2) is 36.8 Å². The molecular weight excluding hydrogens is 426 g/mol. The standard InChI is InChI=1S/C23H25N5O5/c1-23(2)11-14-9-17(26-21(29)16-12-25-28-8-4-6-24-20(16)28)19(10-18(14)33-23)32-13-15-5-3-7-27(15)22(30)31/h4,6,8-10,12,15H,3,5,7,11,13H2,1-2H3,(H,26,29)(H,30,31). The Labute approximate surface area is 190 Å². The maximum absolute atomic E-state index is 13.1. The number of carbonyl (C=O) groups excluding carboxylic acids is 1. The van der Waals surface area contributed by atoms with Gasteiger partial charge in [-0.3, -0.25) is 4.79 Å². The molecule has 4 heterocycles. The molecule has 1 aromatic carbocycles. The van der Waals surface area contributed by atoms with Crippen molar-refractivity contribution in [1.29, 1.82) is 0 Å². The van der Waals surface area contributed by atoms with Gasteiger partial charge in [-0.2, -0.15) is 5.10 Å². The first-order valence-electron chi connectivity index (χ1n) is 10.9. The van der Waals surface area contributed by atoms with Crippen LogP contribution in [0, 0.1) is 0 Å². The summed E-state index contributed by atoms with van der Waals surface area (Å²) in [4.78, 5) is 30.2. The number of carbonyl (C=O) groups is 2. The first kappa shape index (κ1) is 21.0. The quantitative estimate of drug-likeness (QED) is 0.611. The van der Waals surface area contributed by atoms with E-state index in [2.05, 4.69) is 15.4 Å². The Morgan fingerprint density at radius 2 is 2.21 bits per heavy atom. The van der Waals surface area contributed by atoms with E-state index in [1.54, 1.807) is 24.5 Å². The van der Waals surface area contributed by atoms with Crippen molar-refractivity contribution in [3.8, 4) is 11.5 Å². The smallest absolute Gasteiger partial charge is 0.407 e. The van der Waals surface area contributed by atoms with E-state index in [4.69, 9.17) is 9.47 Å². The number of aromatic nitrogens is 3. The molecule has 0 bridgehead atoms. The average Bonchev–Trinajstić information content (AvgIpc) is 3.47. The van der Waals surface area contributed by atoms with Gasteiger partial charge in [-0.05, 0) is 38.8 Å². The summed E-state index contributed by atoms with van der Waals surface area (Å²) in [5.41, 5.74) is 1.89. The summed E-state index contributed by atoms with van der Waals surface area (Å²) in [7, 11) is 0. The normalized spacial score (nSPS) is 18.7. The number of hydrogen-bond donors (Lipinski definition) is 2. The van der Waals surface area contributed by atoms with Crippen molar-refractivity contribution in [2.75, 3.05) is 18.5 Å². The first-order chi connectivity index (χ1) is 15.8. The minimum Gasteiger partial charge on any atom is -0.489 e. The molecule has 1 unspecified atom stereocenters. The summed E-state index contributed by atoms with van der Waals surface area (Å²) in [5.74, 6) is 0.772. The third kappa shape index (κ3) is 4.04. The van der Waals surface area contributed by atoms with Crippen molar-refractivity contribution < 1.29 is 24.2 Å². The predicted molar refractivity (Wildman–Crippen MR) is 119 cm³/mol. The molecule has 1 saturated heterocycles. The molecule has 10 heteroatoms. The van der Waals surface area contributed by atoms with Crippen molar-refractivity contribution >= 4 is 23.3 Å². The molecule has 2 amide bonds. The number of fused-ring (bicyclic) bond motifs is 2. The molecule has 3 aromatic rings. The van der Waals surface area contributed by atoms with E-state index in [9.17, 15) is 14.7 Å². The summed E-state index contributed by atoms with van der Waals surface area (Å²) in [6, 6.07) is 5.13. The number of hydrogen-bond acceptors (Lipinski definition) is 6. The van der Waals surface area contributed by atoms with Crippen LogP contribution in [-0.2, 0) is 6.42 Å². The summed E-state index contributed by atoms with van der Waals surface area (Å²) in [5, 5.41) is 16.5. The van der Waals surface area contributed by atoms with Gasteiger partial charge in [0, 0.05) is 37.0 Å². The molecule has 172 valence electrons. The number of benzene rings is 1. The van der Waals surface area contributed by atoms with Crippen LogP contribution in [0.3, 0.4) is 0 Å². The number of ether oxygens (including phenoxy) is 2. The molecule has 0 radical (unpaired) electrons. The number of anilines is 1. The third-order valence-corrected chi connectivity index (χ3v) is 5.99. The highest BCUT2D eigenvalue weighted by Gasteiger charge is 2.33. The van der Waals surface area contributed by atoms with Crippen LogP contribution in [-0.4, -0.2) is 61.4 Å². The maximum Gasteiger partial charge on any atom is 0.407 e. The van der Waals surface area contributed by atoms with Gasteiger partial charge in [-0.1, -0.05) is 0 Å². The number of nitrogens with one attached hydrogen (secondary N) is 1. The Balaban J connectivity index is 1.43. The summed E-state index contributed by atoms with van der Waals surface area (Å²) in [6.45, 7) is 4.69. The monoisotopic (exact) mass is 451 g/mol. The highest BCUT2D eigenvalue weighted by molar-refractivity contribution is 6.08. The van der Waals surface area contributed by atoms with Crippen LogP contribution < -0.4 is 14.8 Å². The second-order valence-corrected chi connectivity index (χ2v) is 8.98. The first-order valence-corrected chi connectivity index (χ1v) is 10.9. The lowest BCUT2D eigenvalue weighted by Gasteiger charge is -2.23. The highest BCUT2D eigenvalue weighted by atomic mass is 16.5. The van der Waals surface area contributed by atoms with E-state index in [-0.39, 0.29) is 24.2 Å². The third-order valence-electron chi connectivity index (χ3n) is 5.99. The van der Waals surface area contributed by atoms with Crippen molar-refractivity contribution in [3.63, 3.8) is 0 Å². The van der Waals surface area contributed by atoms with Gasteiger partial charge < -0.3 is 24.8 Å². The second kappa shape index (κ2) is 7.95. The summed E-state index contributed by atoms with van der Waals surface area (Å²) in [6.07, 6.45) is 6.07. The Morgan fingerprint density at radius 1 is 1.36 bits per heavy atom. The van der Waals surface area contributed by atoms with E-state index in [0.717, 1.165) is 18.4 Å². The van der Waals surface area contributed by atoms with Crippen molar-refractivity contribution in [1.82, 2.24) is 19.5 Å². The van der Waals surface area contributed by atoms with Crippen LogP contribution in [0.25, 0.3) is 5.65 Å². The molecule has 0 spiro atoms. The molecule has 0 saturated carbocycles. The Morgan fingerprint density at radius 3 is 3.03 bits per heavy atom. The highest BCUT2D eigenvalue weighted by Crippen LogP contribution is 2.41. The number of nitrogens with zero attached hydrogens (tertiary/aromatic N) is 4. The van der Waals surface area contributed by atoms with Crippen molar-refractivity contribution in [2.45, 2.75) is 44.8 Å². The molecule has 2 aliphatic rings. The lowest BCUT2D eigenvalue weighted by molar-refractivity contribution is 0.102. The van der Waals surface area contributed by atoms with Crippen LogP contribution in [0.1, 0.15) is 42.6 Å². The lowest BCUT2D eigenvalue weighted by Crippen LogP contribution is -2.38. The van der Waals surface area contributed by atoms with Gasteiger partial charge in [0.25, 0.3) is 5.91 Å². The van der Waals surface area contributed by atoms with Gasteiger partial charge in [-0.15, -0.1) is 0 Å². The van der Waals surface area contributed by atoms with Crippen LogP contribution in [0.5, 0.6) is 11.5 Å². The number of rotatable bonds is 5. The molecule has 1 atom stereocenters. The van der Waals surface area contributed by atoms with E-state index in [0.29, 0.717) is 41.4 Å². The zero-order valence-electron chi connectivity index (χ0n) is 18.4. The van der Waals surface area contributed by atoms with Gasteiger partial charge in [0.15, 0.2) is 5.65 Å². The van der Waals surface area contributed by atoms with Gasteiger partial charge >= 0.3 is 6.09 Å². The minimum atomic E-state index is -0.950. The molecule has 0 aliphatic carbocycles. The fourth-order valence-corrected chi connectivity index (χ4v) is 4.47. The average molecular weight is 451 g/mol. The molecule has 1 fully saturated rings. The fourth-order valence-electron chi connectivity index (χ4n) is 4.47. The SMILES string of the molecule is CC1(C)Cc2cc(NC(=O)c3cnn4cccnc34)c(OCC3CCCN3C(=O)O)cc2O1. The molecule has 2 N–H and O–H groups in total. The van der Waals surface area contributed by atoms with Crippen molar-refractivity contribution in [2.24, 2.45) is 0 Å². The van der Waals surface area contributed by atoms with Crippen LogP contribution >= 0.6 is 0 Å². The summed E-state index contributed by atoms with van der Waals surface area (Å²) >= 11 is 0. The molecule has 10 nitrogen and oxygen atoms in total. The van der Waals surface area contributed by atoms with E-state index in [1.807, 2.05) is 19.9 Å². The minimum absolute atomic E-state index is 0.190. The van der Waals surface area contributed by atoms with Gasteiger partial charge in [0.05, 0.1) is 17.9 Å². The molecule has 33 heavy (non-hydrogen) atoms. The topological polar surface area (TPSA) is 118 Å². The zero-order valence-corrected chi connectivity index (χ0v) is 18.4. The Kier molecular flexibility index (Phi) is 5.07. The second-order valence-electron chi connectivity index (χ2n) is 8.98. The molecular formula is C23H25N5O5. The summed E-state index contributed by atoms with van der Waals surface area (Å²) < 4.78 is 13.6. The predicted octanol–water partition coefficient (Wildman–Crippen LogP) is 3.22. The number of amides is 2. The Hall–Kier alpha value is -3.82. The van der Waals surface area contributed by atoms with Gasteiger partial charge in [0.2, 0.25) is 0 Å². The Bertz CT molecular complexity index is 1240. The number of carboxylic acid groups (broad SMARTS) is 1. The van der Waals surface area contributed by atoms with E-state index >= 15 is 0 Å². The number of likely N-dealkylation sites (tertiary alicyclic amines) is 1. The molecule has 2 aromatic heterocycles. The largest absolute Gasteiger partial charge is 0.489 e. The van der Waals surface area contributed by atoms with E-state index in [1.165, 1.54) is 15.6 Å². The van der Waals surface area contributed by atoms with Gasteiger partial charge in [0.1, 0.15) is 29.3 Å². The van der Waals surface area contributed by atoms with Gasteiger partial charge in [-0.25, -0.2) is 14.3 Å². The van der Waals surface area contributed by atoms with Crippen LogP contribution in [0.4, 0.5) is 10.5 Å². The van der Waals surface area contributed by atoms with Crippen LogP contribution in [0.2, 0.25) is 0 Å². The molecule has 5 rings (SSSR count). The zero-order chi connectivity index (χ0) is 23.2.